The van der Waals surface area contributed by atoms with Gasteiger partial charge in [0.15, 0.2) is 0 Å². The summed E-state index contributed by atoms with van der Waals surface area (Å²) in [7, 11) is 0. The third-order valence-corrected chi connectivity index (χ3v) is 3.51. The molecule has 1 fully saturated rings. The van der Waals surface area contributed by atoms with Crippen molar-refractivity contribution in [3.05, 3.63) is 15.8 Å². The molecule has 7 heteroatoms. The van der Waals surface area contributed by atoms with Gasteiger partial charge in [-0.25, -0.2) is 4.68 Å². The van der Waals surface area contributed by atoms with Crippen LogP contribution in [0, 0.1) is 17.0 Å². The molecule has 1 aliphatic rings. The zero-order valence-corrected chi connectivity index (χ0v) is 11.9. The van der Waals surface area contributed by atoms with Gasteiger partial charge in [-0.2, -0.15) is 5.10 Å². The van der Waals surface area contributed by atoms with Crippen LogP contribution in [0.15, 0.2) is 0 Å². The van der Waals surface area contributed by atoms with Gasteiger partial charge < -0.3 is 10.2 Å². The molecule has 0 saturated carbocycles. The molecule has 7 nitrogen and oxygen atoms in total. The number of hydrogen-bond acceptors (Lipinski definition) is 5. The van der Waals surface area contributed by atoms with E-state index in [0.29, 0.717) is 17.6 Å². The van der Waals surface area contributed by atoms with E-state index >= 15 is 0 Å². The fraction of sp³-hybridized carbons (Fsp3) is 0.750. The number of anilines is 1. The van der Waals surface area contributed by atoms with Crippen LogP contribution < -0.4 is 10.2 Å². The Morgan fingerprint density at radius 2 is 2.21 bits per heavy atom. The number of hydrogen-bond donors (Lipinski definition) is 1. The monoisotopic (exact) mass is 267 g/mol. The number of aryl methyl sites for hydroxylation is 1. The Morgan fingerprint density at radius 3 is 2.58 bits per heavy atom. The minimum atomic E-state index is -0.314. The Kier molecular flexibility index (Phi) is 3.75. The number of aromatic nitrogens is 2. The van der Waals surface area contributed by atoms with Crippen LogP contribution in [0.2, 0.25) is 0 Å². The fourth-order valence-corrected chi connectivity index (χ4v) is 2.44. The Labute approximate surface area is 112 Å². The predicted octanol–water partition coefficient (Wildman–Crippen LogP) is 1.48. The lowest BCUT2D eigenvalue weighted by molar-refractivity contribution is -0.384. The van der Waals surface area contributed by atoms with E-state index in [4.69, 9.17) is 0 Å². The summed E-state index contributed by atoms with van der Waals surface area (Å²) in [6, 6.07) is 0.418. The quantitative estimate of drug-likeness (QED) is 0.646. The van der Waals surface area contributed by atoms with Crippen molar-refractivity contribution in [2.75, 3.05) is 24.5 Å². The van der Waals surface area contributed by atoms with Crippen LogP contribution in [0.4, 0.5) is 11.5 Å². The maximum Gasteiger partial charge on any atom is 0.333 e. The molecular formula is C12H21N5O2. The number of nitro groups is 1. The standard InChI is InChI=1S/C12H21N5O2/c1-5-15(10-6-13-7-10)12-11(17(18)19)9(4)14-16(12)8(2)3/h8,10,13H,5-7H2,1-4H3. The van der Waals surface area contributed by atoms with Crippen molar-refractivity contribution in [2.45, 2.75) is 39.8 Å². The van der Waals surface area contributed by atoms with E-state index in [1.807, 2.05) is 20.8 Å². The van der Waals surface area contributed by atoms with Gasteiger partial charge in [-0.1, -0.05) is 0 Å². The minimum Gasteiger partial charge on any atom is -0.346 e. The summed E-state index contributed by atoms with van der Waals surface area (Å²) in [5, 5.41) is 18.9. The van der Waals surface area contributed by atoms with Crippen LogP contribution in [0.3, 0.4) is 0 Å². The van der Waals surface area contributed by atoms with Gasteiger partial charge >= 0.3 is 5.69 Å². The number of nitrogens with one attached hydrogen (secondary N) is 1. The first-order valence-electron chi connectivity index (χ1n) is 6.68. The van der Waals surface area contributed by atoms with Gasteiger partial charge in [0.2, 0.25) is 5.82 Å². The molecule has 1 aromatic rings. The first-order chi connectivity index (χ1) is 8.97. The Hall–Kier alpha value is -1.63. The first kappa shape index (κ1) is 13.8. The molecule has 0 spiro atoms. The van der Waals surface area contributed by atoms with E-state index in [0.717, 1.165) is 19.6 Å². The highest BCUT2D eigenvalue weighted by molar-refractivity contribution is 5.62. The average Bonchev–Trinajstić information content (AvgIpc) is 2.60. The van der Waals surface area contributed by atoms with Crippen LogP contribution >= 0.6 is 0 Å². The molecule has 2 heterocycles. The Balaban J connectivity index is 2.53. The molecule has 0 unspecified atom stereocenters. The maximum atomic E-state index is 11.3. The third-order valence-electron chi connectivity index (χ3n) is 3.51. The van der Waals surface area contributed by atoms with E-state index in [2.05, 4.69) is 15.3 Å². The topological polar surface area (TPSA) is 76.2 Å². The lowest BCUT2D eigenvalue weighted by Gasteiger charge is -2.38. The molecule has 19 heavy (non-hydrogen) atoms. The van der Waals surface area contributed by atoms with Gasteiger partial charge in [0.05, 0.1) is 11.0 Å². The normalized spacial score (nSPS) is 15.6. The fourth-order valence-electron chi connectivity index (χ4n) is 2.44. The molecule has 0 amide bonds. The van der Waals surface area contributed by atoms with Gasteiger partial charge in [-0.15, -0.1) is 0 Å². The molecule has 106 valence electrons. The summed E-state index contributed by atoms with van der Waals surface area (Å²) in [6.45, 7) is 10.2. The highest BCUT2D eigenvalue weighted by atomic mass is 16.6. The summed E-state index contributed by atoms with van der Waals surface area (Å²) >= 11 is 0. The van der Waals surface area contributed by atoms with Crippen molar-refractivity contribution in [1.29, 1.82) is 0 Å². The Morgan fingerprint density at radius 1 is 1.58 bits per heavy atom. The molecule has 1 aliphatic heterocycles. The number of rotatable bonds is 5. The van der Waals surface area contributed by atoms with Gasteiger partial charge in [0.25, 0.3) is 0 Å². The van der Waals surface area contributed by atoms with Crippen LogP contribution in [0.5, 0.6) is 0 Å². The van der Waals surface area contributed by atoms with E-state index in [9.17, 15) is 10.1 Å². The van der Waals surface area contributed by atoms with E-state index in [1.165, 1.54) is 0 Å². The predicted molar refractivity (Wildman–Crippen MR) is 73.7 cm³/mol. The lowest BCUT2D eigenvalue weighted by atomic mass is 10.1. The molecular weight excluding hydrogens is 246 g/mol. The van der Waals surface area contributed by atoms with Crippen LogP contribution in [-0.2, 0) is 0 Å². The summed E-state index contributed by atoms with van der Waals surface area (Å²) in [5.74, 6) is 0.645. The highest BCUT2D eigenvalue weighted by Gasteiger charge is 2.35. The van der Waals surface area contributed by atoms with Gasteiger partial charge in [-0.05, 0) is 27.7 Å². The van der Waals surface area contributed by atoms with Crippen molar-refractivity contribution in [3.8, 4) is 0 Å². The summed E-state index contributed by atoms with van der Waals surface area (Å²) in [5.41, 5.74) is 0.627. The molecule has 0 bridgehead atoms. The Bertz CT molecular complexity index is 479. The second-order valence-corrected chi connectivity index (χ2v) is 5.15. The van der Waals surface area contributed by atoms with Crippen molar-refractivity contribution < 1.29 is 4.92 Å². The van der Waals surface area contributed by atoms with E-state index in [-0.39, 0.29) is 16.7 Å². The van der Waals surface area contributed by atoms with Crippen molar-refractivity contribution in [3.63, 3.8) is 0 Å². The van der Waals surface area contributed by atoms with Crippen LogP contribution in [0.1, 0.15) is 32.5 Å². The molecule has 0 aliphatic carbocycles. The van der Waals surface area contributed by atoms with Gasteiger partial charge in [0.1, 0.15) is 5.69 Å². The van der Waals surface area contributed by atoms with Crippen molar-refractivity contribution in [1.82, 2.24) is 15.1 Å². The molecule has 0 aromatic carbocycles. The zero-order valence-electron chi connectivity index (χ0n) is 11.9. The van der Waals surface area contributed by atoms with Crippen LogP contribution in [-0.4, -0.2) is 40.4 Å². The van der Waals surface area contributed by atoms with Gasteiger partial charge in [0, 0.05) is 25.7 Å². The van der Waals surface area contributed by atoms with E-state index < -0.39 is 0 Å². The van der Waals surface area contributed by atoms with Crippen molar-refractivity contribution >= 4 is 11.5 Å². The zero-order chi connectivity index (χ0) is 14.2. The molecule has 1 aromatic heterocycles. The lowest BCUT2D eigenvalue weighted by Crippen LogP contribution is -2.58. The number of likely N-dealkylation sites (N-methyl/N-ethyl adjacent to an activating group) is 1. The van der Waals surface area contributed by atoms with Gasteiger partial charge in [-0.3, -0.25) is 10.1 Å². The molecule has 1 N–H and O–H groups in total. The van der Waals surface area contributed by atoms with Crippen LogP contribution in [0.25, 0.3) is 0 Å². The third kappa shape index (κ3) is 2.30. The summed E-state index contributed by atoms with van der Waals surface area (Å²) in [4.78, 5) is 13.1. The smallest absolute Gasteiger partial charge is 0.333 e. The second-order valence-electron chi connectivity index (χ2n) is 5.15. The molecule has 0 radical (unpaired) electrons. The number of nitrogens with zero attached hydrogens (tertiary/aromatic N) is 4. The largest absolute Gasteiger partial charge is 0.346 e. The highest BCUT2D eigenvalue weighted by Crippen LogP contribution is 2.35. The molecule has 0 atom stereocenters. The summed E-state index contributed by atoms with van der Waals surface area (Å²) in [6.07, 6.45) is 0. The average molecular weight is 267 g/mol. The summed E-state index contributed by atoms with van der Waals surface area (Å²) < 4.78 is 1.77. The molecule has 2 rings (SSSR count). The molecule has 1 saturated heterocycles. The van der Waals surface area contributed by atoms with Crippen molar-refractivity contribution in [2.24, 2.45) is 0 Å². The SMILES string of the molecule is CCN(c1c([N+](=O)[O-])c(C)nn1C(C)C)C1CNC1. The minimum absolute atomic E-state index is 0.101. The first-order valence-corrected chi connectivity index (χ1v) is 6.68. The maximum absolute atomic E-state index is 11.3. The van der Waals surface area contributed by atoms with E-state index in [1.54, 1.807) is 11.6 Å². The second kappa shape index (κ2) is 5.16.